The fraction of sp³-hybridized carbons (Fsp3) is 0.316. The first-order chi connectivity index (χ1) is 12.8. The lowest BCUT2D eigenvalue weighted by molar-refractivity contribution is 0.0730. The molecule has 2 aromatic rings. The number of amides is 1. The molecular formula is C19H22N2O5S. The van der Waals surface area contributed by atoms with Gasteiger partial charge in [0.1, 0.15) is 5.75 Å². The van der Waals surface area contributed by atoms with E-state index in [4.69, 9.17) is 4.74 Å². The van der Waals surface area contributed by atoms with Crippen LogP contribution in [0.5, 0.6) is 5.75 Å². The van der Waals surface area contributed by atoms with Crippen LogP contribution in [0.3, 0.4) is 0 Å². The summed E-state index contributed by atoms with van der Waals surface area (Å²) in [7, 11) is -3.71. The number of benzene rings is 2. The Morgan fingerprint density at radius 2 is 1.81 bits per heavy atom. The number of phenolic OH excluding ortho intramolecular Hbond substituents is 1. The maximum absolute atomic E-state index is 12.9. The van der Waals surface area contributed by atoms with E-state index in [-0.39, 0.29) is 35.0 Å². The fourth-order valence-electron chi connectivity index (χ4n) is 2.89. The Morgan fingerprint density at radius 3 is 2.48 bits per heavy atom. The van der Waals surface area contributed by atoms with Crippen LogP contribution in [0.1, 0.15) is 21.5 Å². The number of nitrogens with one attached hydrogen (secondary N) is 1. The average Bonchev–Trinajstić information content (AvgIpc) is 2.65. The maximum Gasteiger partial charge on any atom is 0.255 e. The Balaban J connectivity index is 1.89. The number of anilines is 1. The van der Waals surface area contributed by atoms with Gasteiger partial charge in [-0.1, -0.05) is 12.1 Å². The van der Waals surface area contributed by atoms with E-state index in [0.29, 0.717) is 18.8 Å². The predicted molar refractivity (Wildman–Crippen MR) is 102 cm³/mol. The first kappa shape index (κ1) is 19.3. The van der Waals surface area contributed by atoms with Gasteiger partial charge in [-0.2, -0.15) is 4.31 Å². The summed E-state index contributed by atoms with van der Waals surface area (Å²) in [6.07, 6.45) is 0. The molecule has 0 aromatic heterocycles. The minimum atomic E-state index is -3.71. The molecule has 0 unspecified atom stereocenters. The van der Waals surface area contributed by atoms with E-state index >= 15 is 0 Å². The monoisotopic (exact) mass is 390 g/mol. The van der Waals surface area contributed by atoms with Gasteiger partial charge < -0.3 is 15.2 Å². The Bertz CT molecular complexity index is 966. The van der Waals surface area contributed by atoms with E-state index in [0.717, 1.165) is 5.56 Å². The summed E-state index contributed by atoms with van der Waals surface area (Å²) in [5.74, 6) is -0.538. The zero-order chi connectivity index (χ0) is 19.6. The second-order valence-corrected chi connectivity index (χ2v) is 8.38. The lowest BCUT2D eigenvalue weighted by atomic mass is 10.1. The highest BCUT2D eigenvalue weighted by Crippen LogP contribution is 2.26. The van der Waals surface area contributed by atoms with E-state index < -0.39 is 15.9 Å². The first-order valence-electron chi connectivity index (χ1n) is 8.58. The molecule has 1 heterocycles. The van der Waals surface area contributed by atoms with Gasteiger partial charge in [-0.25, -0.2) is 8.42 Å². The van der Waals surface area contributed by atoms with Crippen molar-refractivity contribution in [3.05, 3.63) is 53.1 Å². The molecule has 1 aliphatic rings. The van der Waals surface area contributed by atoms with Crippen molar-refractivity contribution in [2.24, 2.45) is 0 Å². The summed E-state index contributed by atoms with van der Waals surface area (Å²) in [5.41, 5.74) is 1.90. The Labute approximate surface area is 158 Å². The average molecular weight is 390 g/mol. The van der Waals surface area contributed by atoms with Crippen molar-refractivity contribution < 1.29 is 23.1 Å². The minimum Gasteiger partial charge on any atom is -0.506 e. The molecule has 144 valence electrons. The van der Waals surface area contributed by atoms with Crippen LogP contribution in [-0.4, -0.2) is 50.0 Å². The quantitative estimate of drug-likeness (QED) is 0.781. The van der Waals surface area contributed by atoms with Crippen LogP contribution in [0.15, 0.2) is 41.3 Å². The van der Waals surface area contributed by atoms with E-state index in [1.54, 1.807) is 37.3 Å². The van der Waals surface area contributed by atoms with E-state index in [1.165, 1.54) is 10.4 Å². The summed E-state index contributed by atoms with van der Waals surface area (Å²) in [6, 6.07) is 9.45. The molecule has 0 bridgehead atoms. The number of aryl methyl sites for hydroxylation is 2. The Hall–Kier alpha value is -2.42. The normalized spacial score (nSPS) is 15.5. The molecule has 7 nitrogen and oxygen atoms in total. The second kappa shape index (κ2) is 7.67. The molecule has 1 amide bonds. The molecule has 2 N–H and O–H groups in total. The number of hydrogen-bond donors (Lipinski definition) is 2. The van der Waals surface area contributed by atoms with Gasteiger partial charge in [0.25, 0.3) is 5.91 Å². The summed E-state index contributed by atoms with van der Waals surface area (Å²) < 4.78 is 32.4. The Kier molecular flexibility index (Phi) is 5.50. The smallest absolute Gasteiger partial charge is 0.255 e. The van der Waals surface area contributed by atoms with Crippen molar-refractivity contribution in [3.8, 4) is 5.75 Å². The highest BCUT2D eigenvalue weighted by atomic mass is 32.2. The van der Waals surface area contributed by atoms with Crippen molar-refractivity contribution in [3.63, 3.8) is 0 Å². The highest BCUT2D eigenvalue weighted by molar-refractivity contribution is 7.89. The van der Waals surface area contributed by atoms with Crippen molar-refractivity contribution in [2.45, 2.75) is 18.7 Å². The van der Waals surface area contributed by atoms with Gasteiger partial charge in [0.05, 0.1) is 23.8 Å². The first-order valence-corrected chi connectivity index (χ1v) is 10.0. The van der Waals surface area contributed by atoms with Crippen molar-refractivity contribution in [1.29, 1.82) is 0 Å². The van der Waals surface area contributed by atoms with Gasteiger partial charge in [0, 0.05) is 18.7 Å². The van der Waals surface area contributed by atoms with Crippen LogP contribution < -0.4 is 5.32 Å². The molecular weight excluding hydrogens is 368 g/mol. The van der Waals surface area contributed by atoms with Gasteiger partial charge in [-0.3, -0.25) is 4.79 Å². The van der Waals surface area contributed by atoms with Gasteiger partial charge in [-0.05, 0) is 49.2 Å². The summed E-state index contributed by atoms with van der Waals surface area (Å²) >= 11 is 0. The lowest BCUT2D eigenvalue weighted by Gasteiger charge is -2.26. The molecule has 3 rings (SSSR count). The summed E-state index contributed by atoms with van der Waals surface area (Å²) in [5, 5.41) is 12.6. The SMILES string of the molecule is Cc1ccc(NC(=O)c2ccc(C)c(S(=O)(=O)N3CCOCC3)c2)c(O)c1. The molecule has 1 fully saturated rings. The fourth-order valence-corrected chi connectivity index (χ4v) is 4.55. The van der Waals surface area contributed by atoms with Crippen LogP contribution in [0, 0.1) is 13.8 Å². The largest absolute Gasteiger partial charge is 0.506 e. The third-order valence-corrected chi connectivity index (χ3v) is 6.48. The molecule has 2 aromatic carbocycles. The molecule has 0 saturated carbocycles. The summed E-state index contributed by atoms with van der Waals surface area (Å²) in [4.78, 5) is 12.7. The van der Waals surface area contributed by atoms with E-state index in [1.807, 2.05) is 6.92 Å². The maximum atomic E-state index is 12.9. The number of phenols is 1. The number of carbonyl (C=O) groups excluding carboxylic acids is 1. The molecule has 1 aliphatic heterocycles. The standard InChI is InChI=1S/C19H22N2O5S/c1-13-3-6-16(17(22)11-13)20-19(23)15-5-4-14(2)18(12-15)27(24,25)21-7-9-26-10-8-21/h3-6,11-12,22H,7-10H2,1-2H3,(H,20,23). The highest BCUT2D eigenvalue weighted by Gasteiger charge is 2.28. The lowest BCUT2D eigenvalue weighted by Crippen LogP contribution is -2.40. The van der Waals surface area contributed by atoms with Gasteiger partial charge in [0.15, 0.2) is 0 Å². The van der Waals surface area contributed by atoms with E-state index in [9.17, 15) is 18.3 Å². The zero-order valence-corrected chi connectivity index (χ0v) is 16.0. The number of nitrogens with zero attached hydrogens (tertiary/aromatic N) is 1. The van der Waals surface area contributed by atoms with E-state index in [2.05, 4.69) is 5.32 Å². The molecule has 8 heteroatoms. The zero-order valence-electron chi connectivity index (χ0n) is 15.2. The molecule has 0 atom stereocenters. The predicted octanol–water partition coefficient (Wildman–Crippen LogP) is 2.28. The van der Waals surface area contributed by atoms with Crippen molar-refractivity contribution in [2.75, 3.05) is 31.6 Å². The molecule has 0 radical (unpaired) electrons. The number of aromatic hydroxyl groups is 1. The molecule has 1 saturated heterocycles. The van der Waals surface area contributed by atoms with Gasteiger partial charge >= 0.3 is 0 Å². The third-order valence-electron chi connectivity index (χ3n) is 4.44. The number of hydrogen-bond acceptors (Lipinski definition) is 5. The van der Waals surface area contributed by atoms with Crippen LogP contribution in [0.25, 0.3) is 0 Å². The van der Waals surface area contributed by atoms with Crippen LogP contribution in [0.2, 0.25) is 0 Å². The number of carbonyl (C=O) groups is 1. The molecule has 27 heavy (non-hydrogen) atoms. The number of rotatable bonds is 4. The van der Waals surface area contributed by atoms with Crippen molar-refractivity contribution in [1.82, 2.24) is 4.31 Å². The van der Waals surface area contributed by atoms with Crippen molar-refractivity contribution >= 4 is 21.6 Å². The number of sulfonamides is 1. The topological polar surface area (TPSA) is 95.9 Å². The van der Waals surface area contributed by atoms with Crippen LogP contribution >= 0.6 is 0 Å². The van der Waals surface area contributed by atoms with Crippen LogP contribution in [-0.2, 0) is 14.8 Å². The molecule has 0 spiro atoms. The van der Waals surface area contributed by atoms with Gasteiger partial charge in [-0.15, -0.1) is 0 Å². The third kappa shape index (κ3) is 4.13. The minimum absolute atomic E-state index is 0.0448. The second-order valence-electron chi connectivity index (χ2n) is 6.47. The number of ether oxygens (including phenoxy) is 1. The van der Waals surface area contributed by atoms with Gasteiger partial charge in [0.2, 0.25) is 10.0 Å². The number of morpholine rings is 1. The Morgan fingerprint density at radius 1 is 1.11 bits per heavy atom. The molecule has 0 aliphatic carbocycles. The summed E-state index contributed by atoms with van der Waals surface area (Å²) in [6.45, 7) is 4.80. The van der Waals surface area contributed by atoms with Crippen LogP contribution in [0.4, 0.5) is 5.69 Å².